The quantitative estimate of drug-likeness (QED) is 0.861. The Morgan fingerprint density at radius 2 is 2.29 bits per heavy atom. The van der Waals surface area contributed by atoms with Crippen molar-refractivity contribution in [3.05, 3.63) is 5.01 Å². The number of rotatable bonds is 2. The van der Waals surface area contributed by atoms with Crippen LogP contribution in [0.2, 0.25) is 0 Å². The molecule has 1 amide bonds. The summed E-state index contributed by atoms with van der Waals surface area (Å²) in [6, 6.07) is -0.124. The molecule has 0 bridgehead atoms. The number of aromatic nitrogens is 2. The lowest BCUT2D eigenvalue weighted by Crippen LogP contribution is -2.47. The molecule has 0 aliphatic carbocycles. The van der Waals surface area contributed by atoms with Crippen molar-refractivity contribution in [1.29, 1.82) is 0 Å². The smallest absolute Gasteiger partial charge is 0.246 e. The maximum Gasteiger partial charge on any atom is 0.246 e. The van der Waals surface area contributed by atoms with Crippen molar-refractivity contribution in [2.45, 2.75) is 32.7 Å². The van der Waals surface area contributed by atoms with E-state index in [2.05, 4.69) is 21.6 Å². The fourth-order valence-electron chi connectivity index (χ4n) is 2.26. The molecular weight excluding hydrogens is 236 g/mol. The van der Waals surface area contributed by atoms with Crippen molar-refractivity contribution < 1.29 is 4.79 Å². The molecule has 1 N–H and O–H groups in total. The van der Waals surface area contributed by atoms with E-state index in [-0.39, 0.29) is 11.9 Å². The van der Waals surface area contributed by atoms with Crippen LogP contribution in [0.25, 0.3) is 0 Å². The number of aryl methyl sites for hydroxylation is 1. The lowest BCUT2D eigenvalue weighted by atomic mass is 9.98. The first-order valence-electron chi connectivity index (χ1n) is 5.92. The Bertz CT molecular complexity index is 406. The van der Waals surface area contributed by atoms with Gasteiger partial charge < -0.3 is 5.32 Å². The van der Waals surface area contributed by atoms with E-state index >= 15 is 0 Å². The van der Waals surface area contributed by atoms with Crippen LogP contribution in [-0.2, 0) is 4.79 Å². The third-order valence-electron chi connectivity index (χ3n) is 3.21. The van der Waals surface area contributed by atoms with Gasteiger partial charge in [0.15, 0.2) is 0 Å². The molecule has 0 aromatic carbocycles. The number of hydrogen-bond donors (Lipinski definition) is 1. The van der Waals surface area contributed by atoms with Crippen molar-refractivity contribution >= 4 is 23.4 Å². The number of carbonyl (C=O) groups excluding carboxylic acids is 1. The molecule has 5 nitrogen and oxygen atoms in total. The third-order valence-corrected chi connectivity index (χ3v) is 3.82. The average Bonchev–Trinajstić information content (AvgIpc) is 2.65. The zero-order valence-corrected chi connectivity index (χ0v) is 11.3. The van der Waals surface area contributed by atoms with Crippen LogP contribution in [0.5, 0.6) is 0 Å². The number of nitrogens with zero attached hydrogens (tertiary/aromatic N) is 3. The highest BCUT2D eigenvalue weighted by Crippen LogP contribution is 2.22. The Morgan fingerprint density at radius 1 is 1.53 bits per heavy atom. The number of likely N-dealkylation sites (N-methyl/N-ethyl adjacent to an activating group) is 1. The predicted molar refractivity (Wildman–Crippen MR) is 68.2 cm³/mol. The number of nitrogens with one attached hydrogen (secondary N) is 1. The topological polar surface area (TPSA) is 58.1 Å². The van der Waals surface area contributed by atoms with Crippen LogP contribution in [0.3, 0.4) is 0 Å². The van der Waals surface area contributed by atoms with Gasteiger partial charge in [0, 0.05) is 6.54 Å². The second-order valence-corrected chi connectivity index (χ2v) is 5.45. The van der Waals surface area contributed by atoms with Crippen LogP contribution in [0.15, 0.2) is 0 Å². The van der Waals surface area contributed by atoms with Crippen LogP contribution in [0, 0.1) is 12.8 Å². The summed E-state index contributed by atoms with van der Waals surface area (Å²) in [7, 11) is 1.84. The minimum atomic E-state index is -0.124. The van der Waals surface area contributed by atoms with Crippen LogP contribution >= 0.6 is 11.5 Å². The fraction of sp³-hybridized carbons (Fsp3) is 0.727. The van der Waals surface area contributed by atoms with Crippen LogP contribution in [0.1, 0.15) is 24.8 Å². The number of anilines is 1. The molecule has 2 rings (SSSR count). The van der Waals surface area contributed by atoms with Crippen molar-refractivity contribution in [1.82, 2.24) is 14.7 Å². The van der Waals surface area contributed by atoms with Crippen molar-refractivity contribution in [3.8, 4) is 0 Å². The first-order chi connectivity index (χ1) is 8.13. The molecule has 0 saturated carbocycles. The molecule has 2 atom stereocenters. The highest BCUT2D eigenvalue weighted by molar-refractivity contribution is 7.05. The van der Waals surface area contributed by atoms with E-state index in [0.717, 1.165) is 24.4 Å². The Balaban J connectivity index is 2.25. The molecule has 0 radical (unpaired) electrons. The molecule has 2 unspecified atom stereocenters. The SMILES string of the molecule is CNC1C(=O)N(c2nsc(C)n2)CCCC1C. The molecule has 94 valence electrons. The van der Waals surface area contributed by atoms with Gasteiger partial charge in [-0.3, -0.25) is 9.69 Å². The van der Waals surface area contributed by atoms with Crippen molar-refractivity contribution in [3.63, 3.8) is 0 Å². The van der Waals surface area contributed by atoms with Gasteiger partial charge in [-0.05, 0) is 44.3 Å². The summed E-state index contributed by atoms with van der Waals surface area (Å²) in [5.41, 5.74) is 0. The van der Waals surface area contributed by atoms with Crippen LogP contribution < -0.4 is 10.2 Å². The third kappa shape index (κ3) is 2.47. The molecule has 2 heterocycles. The van der Waals surface area contributed by atoms with Crippen LogP contribution in [-0.4, -0.2) is 34.9 Å². The number of amides is 1. The zero-order chi connectivity index (χ0) is 12.4. The summed E-state index contributed by atoms with van der Waals surface area (Å²) in [6.07, 6.45) is 2.06. The van der Waals surface area contributed by atoms with E-state index in [1.54, 1.807) is 4.90 Å². The number of hydrogen-bond acceptors (Lipinski definition) is 5. The molecule has 1 aliphatic heterocycles. The van der Waals surface area contributed by atoms with E-state index in [0.29, 0.717) is 11.9 Å². The summed E-state index contributed by atoms with van der Waals surface area (Å²) in [5.74, 6) is 1.01. The van der Waals surface area contributed by atoms with Gasteiger partial charge in [0.05, 0.1) is 6.04 Å². The Kier molecular flexibility index (Phi) is 3.73. The standard InChI is InChI=1S/C11H18N4OS/c1-7-5-4-6-15(10(16)9(7)12-3)11-13-8(2)17-14-11/h7,9,12H,4-6H2,1-3H3. The van der Waals surface area contributed by atoms with Crippen LogP contribution in [0.4, 0.5) is 5.95 Å². The lowest BCUT2D eigenvalue weighted by Gasteiger charge is -2.23. The van der Waals surface area contributed by atoms with Gasteiger partial charge in [-0.25, -0.2) is 4.98 Å². The molecule has 6 heteroatoms. The van der Waals surface area contributed by atoms with Gasteiger partial charge >= 0.3 is 0 Å². The second-order valence-electron chi connectivity index (χ2n) is 4.49. The van der Waals surface area contributed by atoms with Gasteiger partial charge in [-0.2, -0.15) is 4.37 Å². The van der Waals surface area contributed by atoms with Crippen molar-refractivity contribution in [2.24, 2.45) is 5.92 Å². The molecule has 1 aromatic heterocycles. The molecule has 17 heavy (non-hydrogen) atoms. The molecule has 1 fully saturated rings. The minimum absolute atomic E-state index is 0.0929. The van der Waals surface area contributed by atoms with E-state index in [9.17, 15) is 4.79 Å². The molecule has 1 aliphatic rings. The number of carbonyl (C=O) groups is 1. The fourth-order valence-corrected chi connectivity index (χ4v) is 2.74. The Labute approximate surface area is 105 Å². The summed E-state index contributed by atoms with van der Waals surface area (Å²) in [4.78, 5) is 18.4. The van der Waals surface area contributed by atoms with E-state index in [1.807, 2.05) is 14.0 Å². The molecule has 1 saturated heterocycles. The normalized spacial score (nSPS) is 26.1. The summed E-state index contributed by atoms with van der Waals surface area (Å²) < 4.78 is 4.23. The molecular formula is C11H18N4OS. The van der Waals surface area contributed by atoms with E-state index < -0.39 is 0 Å². The van der Waals surface area contributed by atoms with Gasteiger partial charge in [-0.15, -0.1) is 0 Å². The first-order valence-corrected chi connectivity index (χ1v) is 6.69. The highest BCUT2D eigenvalue weighted by atomic mass is 32.1. The van der Waals surface area contributed by atoms with Gasteiger partial charge in [-0.1, -0.05) is 6.92 Å². The first kappa shape index (κ1) is 12.4. The summed E-state index contributed by atoms with van der Waals surface area (Å²) in [6.45, 7) is 4.74. The average molecular weight is 254 g/mol. The maximum atomic E-state index is 12.4. The minimum Gasteiger partial charge on any atom is -0.309 e. The van der Waals surface area contributed by atoms with Gasteiger partial charge in [0.2, 0.25) is 11.9 Å². The molecule has 0 spiro atoms. The van der Waals surface area contributed by atoms with E-state index in [4.69, 9.17) is 0 Å². The largest absolute Gasteiger partial charge is 0.309 e. The summed E-state index contributed by atoms with van der Waals surface area (Å²) in [5, 5.41) is 4.00. The molecule has 1 aromatic rings. The Hall–Kier alpha value is -1.01. The summed E-state index contributed by atoms with van der Waals surface area (Å²) >= 11 is 1.34. The second kappa shape index (κ2) is 5.10. The lowest BCUT2D eigenvalue weighted by molar-refractivity contribution is -0.121. The van der Waals surface area contributed by atoms with E-state index in [1.165, 1.54) is 11.5 Å². The highest BCUT2D eigenvalue weighted by Gasteiger charge is 2.33. The predicted octanol–water partition coefficient (Wildman–Crippen LogP) is 1.20. The zero-order valence-electron chi connectivity index (χ0n) is 10.4. The van der Waals surface area contributed by atoms with Gasteiger partial charge in [0.1, 0.15) is 5.01 Å². The maximum absolute atomic E-state index is 12.4. The van der Waals surface area contributed by atoms with Gasteiger partial charge in [0.25, 0.3) is 0 Å². The Morgan fingerprint density at radius 3 is 2.88 bits per heavy atom. The van der Waals surface area contributed by atoms with Crippen molar-refractivity contribution in [2.75, 3.05) is 18.5 Å². The monoisotopic (exact) mass is 254 g/mol.